The third-order valence-electron chi connectivity index (χ3n) is 3.31. The van der Waals surface area contributed by atoms with Crippen molar-refractivity contribution in [2.45, 2.75) is 13.0 Å². The topological polar surface area (TPSA) is 51.2 Å². The fraction of sp³-hybridized carbons (Fsp3) is 0.600. The number of nitrogens with zero attached hydrogens (tertiary/aromatic N) is 1. The Hall–Kier alpha value is -1.30. The molecule has 1 aliphatic heterocycles. The van der Waals surface area contributed by atoms with Crippen molar-refractivity contribution in [1.29, 1.82) is 0 Å². The maximum Gasteiger partial charge on any atom is 0.142 e. The highest BCUT2D eigenvalue weighted by atomic mass is 16.5. The van der Waals surface area contributed by atoms with Crippen LogP contribution in [-0.4, -0.2) is 51.7 Å². The van der Waals surface area contributed by atoms with Crippen molar-refractivity contribution in [3.63, 3.8) is 0 Å². The molecule has 0 aliphatic carbocycles. The first-order valence-corrected chi connectivity index (χ1v) is 7.03. The minimum absolute atomic E-state index is 0.0256. The van der Waals surface area contributed by atoms with E-state index in [0.29, 0.717) is 13.2 Å². The monoisotopic (exact) mass is 281 g/mol. The molecule has 2 rings (SSSR count). The lowest BCUT2D eigenvalue weighted by Crippen LogP contribution is -2.36. The Morgan fingerprint density at radius 1 is 1.25 bits per heavy atom. The standard InChI is InChI=1S/C15H23NO4/c1-18-7-2-8-20-15-11-13(12-17)3-4-14(15)16-5-9-19-10-6-16/h3-4,11,17H,2,5-10,12H2,1H3. The van der Waals surface area contributed by atoms with Crippen molar-refractivity contribution in [2.75, 3.05) is 51.5 Å². The van der Waals surface area contributed by atoms with Crippen LogP contribution in [0.5, 0.6) is 5.75 Å². The maximum atomic E-state index is 9.26. The molecule has 5 heteroatoms. The number of aliphatic hydroxyl groups excluding tert-OH is 1. The zero-order chi connectivity index (χ0) is 14.2. The zero-order valence-corrected chi connectivity index (χ0v) is 12.0. The van der Waals surface area contributed by atoms with Crippen molar-refractivity contribution in [1.82, 2.24) is 0 Å². The molecule has 0 amide bonds. The van der Waals surface area contributed by atoms with Crippen LogP contribution in [0.2, 0.25) is 0 Å². The van der Waals surface area contributed by atoms with Crippen LogP contribution in [-0.2, 0) is 16.1 Å². The fourth-order valence-electron chi connectivity index (χ4n) is 2.22. The molecule has 0 saturated carbocycles. The number of ether oxygens (including phenoxy) is 3. The van der Waals surface area contributed by atoms with Gasteiger partial charge in [0, 0.05) is 33.2 Å². The van der Waals surface area contributed by atoms with Gasteiger partial charge in [0.1, 0.15) is 5.75 Å². The second-order valence-corrected chi connectivity index (χ2v) is 4.75. The van der Waals surface area contributed by atoms with E-state index >= 15 is 0 Å². The summed E-state index contributed by atoms with van der Waals surface area (Å²) in [5, 5.41) is 9.26. The molecule has 0 spiro atoms. The van der Waals surface area contributed by atoms with E-state index in [4.69, 9.17) is 14.2 Å². The van der Waals surface area contributed by atoms with Crippen LogP contribution in [0, 0.1) is 0 Å². The Bertz CT molecular complexity index is 405. The quantitative estimate of drug-likeness (QED) is 0.766. The van der Waals surface area contributed by atoms with Gasteiger partial charge in [-0.2, -0.15) is 0 Å². The van der Waals surface area contributed by atoms with Crippen molar-refractivity contribution in [2.24, 2.45) is 0 Å². The van der Waals surface area contributed by atoms with Crippen LogP contribution in [0.1, 0.15) is 12.0 Å². The molecular formula is C15H23NO4. The summed E-state index contributed by atoms with van der Waals surface area (Å²) in [5.74, 6) is 0.828. The van der Waals surface area contributed by atoms with Crippen molar-refractivity contribution in [3.8, 4) is 5.75 Å². The lowest BCUT2D eigenvalue weighted by Gasteiger charge is -2.30. The number of methoxy groups -OCH3 is 1. The molecule has 1 aromatic rings. The van der Waals surface area contributed by atoms with Gasteiger partial charge in [0.15, 0.2) is 0 Å². The third kappa shape index (κ3) is 4.10. The summed E-state index contributed by atoms with van der Waals surface area (Å²) in [6, 6.07) is 5.87. The van der Waals surface area contributed by atoms with Gasteiger partial charge in [-0.25, -0.2) is 0 Å². The SMILES string of the molecule is COCCCOc1cc(CO)ccc1N1CCOCC1. The summed E-state index contributed by atoms with van der Waals surface area (Å²) in [6.07, 6.45) is 0.850. The van der Waals surface area contributed by atoms with E-state index < -0.39 is 0 Å². The molecule has 0 bridgehead atoms. The van der Waals surface area contributed by atoms with Crippen molar-refractivity contribution in [3.05, 3.63) is 23.8 Å². The summed E-state index contributed by atoms with van der Waals surface area (Å²) in [5.41, 5.74) is 1.94. The smallest absolute Gasteiger partial charge is 0.142 e. The molecule has 1 fully saturated rings. The number of anilines is 1. The van der Waals surface area contributed by atoms with E-state index in [9.17, 15) is 5.11 Å². The summed E-state index contributed by atoms with van der Waals surface area (Å²) < 4.78 is 16.3. The van der Waals surface area contributed by atoms with Gasteiger partial charge >= 0.3 is 0 Å². The molecule has 20 heavy (non-hydrogen) atoms. The lowest BCUT2D eigenvalue weighted by molar-refractivity contribution is 0.122. The number of aliphatic hydroxyl groups is 1. The molecule has 1 N–H and O–H groups in total. The molecule has 1 aromatic carbocycles. The number of benzene rings is 1. The Morgan fingerprint density at radius 2 is 2.05 bits per heavy atom. The van der Waals surface area contributed by atoms with Crippen LogP contribution in [0.3, 0.4) is 0 Å². The van der Waals surface area contributed by atoms with Crippen LogP contribution in [0.25, 0.3) is 0 Å². The van der Waals surface area contributed by atoms with Crippen LogP contribution < -0.4 is 9.64 Å². The molecule has 1 heterocycles. The van der Waals surface area contributed by atoms with E-state index in [0.717, 1.165) is 49.7 Å². The van der Waals surface area contributed by atoms with Gasteiger partial charge in [0.2, 0.25) is 0 Å². The van der Waals surface area contributed by atoms with Gasteiger partial charge in [-0.1, -0.05) is 6.07 Å². The van der Waals surface area contributed by atoms with E-state index in [1.807, 2.05) is 18.2 Å². The average molecular weight is 281 g/mol. The third-order valence-corrected chi connectivity index (χ3v) is 3.31. The first-order chi connectivity index (χ1) is 9.85. The van der Waals surface area contributed by atoms with Gasteiger partial charge in [-0.05, 0) is 17.7 Å². The molecule has 0 unspecified atom stereocenters. The predicted molar refractivity (Wildman–Crippen MR) is 77.4 cm³/mol. The lowest BCUT2D eigenvalue weighted by atomic mass is 10.1. The molecular weight excluding hydrogens is 258 g/mol. The normalized spacial score (nSPS) is 15.4. The minimum atomic E-state index is 0.0256. The molecule has 112 valence electrons. The summed E-state index contributed by atoms with van der Waals surface area (Å²) >= 11 is 0. The van der Waals surface area contributed by atoms with Crippen LogP contribution in [0.4, 0.5) is 5.69 Å². The van der Waals surface area contributed by atoms with E-state index in [-0.39, 0.29) is 6.61 Å². The summed E-state index contributed by atoms with van der Waals surface area (Å²) in [6.45, 7) is 4.54. The fourth-order valence-corrected chi connectivity index (χ4v) is 2.22. The second-order valence-electron chi connectivity index (χ2n) is 4.75. The van der Waals surface area contributed by atoms with Crippen molar-refractivity contribution >= 4 is 5.69 Å². The number of hydrogen-bond acceptors (Lipinski definition) is 5. The first-order valence-electron chi connectivity index (χ1n) is 7.03. The molecule has 1 aliphatic rings. The van der Waals surface area contributed by atoms with Crippen LogP contribution in [0.15, 0.2) is 18.2 Å². The van der Waals surface area contributed by atoms with Gasteiger partial charge in [0.05, 0.1) is 32.1 Å². The Morgan fingerprint density at radius 3 is 2.75 bits per heavy atom. The van der Waals surface area contributed by atoms with Crippen molar-refractivity contribution < 1.29 is 19.3 Å². The zero-order valence-electron chi connectivity index (χ0n) is 12.0. The molecule has 1 saturated heterocycles. The molecule has 0 atom stereocenters. The van der Waals surface area contributed by atoms with Gasteiger partial charge in [0.25, 0.3) is 0 Å². The molecule has 5 nitrogen and oxygen atoms in total. The Labute approximate surface area is 120 Å². The summed E-state index contributed by atoms with van der Waals surface area (Å²) in [4.78, 5) is 2.26. The Balaban J connectivity index is 2.07. The highest BCUT2D eigenvalue weighted by Gasteiger charge is 2.16. The number of morpholine rings is 1. The highest BCUT2D eigenvalue weighted by Crippen LogP contribution is 2.30. The van der Waals surface area contributed by atoms with E-state index in [2.05, 4.69) is 4.90 Å². The predicted octanol–water partition coefficient (Wildman–Crippen LogP) is 1.43. The van der Waals surface area contributed by atoms with Gasteiger partial charge in [-0.3, -0.25) is 0 Å². The summed E-state index contributed by atoms with van der Waals surface area (Å²) in [7, 11) is 1.69. The first kappa shape index (κ1) is 15.1. The number of hydrogen-bond donors (Lipinski definition) is 1. The minimum Gasteiger partial charge on any atom is -0.491 e. The molecule has 0 aromatic heterocycles. The molecule has 0 radical (unpaired) electrons. The Kier molecular flexibility index (Phi) is 6.11. The van der Waals surface area contributed by atoms with E-state index in [1.54, 1.807) is 7.11 Å². The van der Waals surface area contributed by atoms with Crippen LogP contribution >= 0.6 is 0 Å². The van der Waals surface area contributed by atoms with E-state index in [1.165, 1.54) is 0 Å². The average Bonchev–Trinajstić information content (AvgIpc) is 2.52. The largest absolute Gasteiger partial charge is 0.491 e. The highest BCUT2D eigenvalue weighted by molar-refractivity contribution is 5.60. The second kappa shape index (κ2) is 8.09. The number of rotatable bonds is 7. The van der Waals surface area contributed by atoms with Gasteiger partial charge < -0.3 is 24.2 Å². The van der Waals surface area contributed by atoms with Gasteiger partial charge in [-0.15, -0.1) is 0 Å². The maximum absolute atomic E-state index is 9.26.